The number of rotatable bonds is 3. The van der Waals surface area contributed by atoms with Gasteiger partial charge in [0.25, 0.3) is 6.43 Å². The van der Waals surface area contributed by atoms with Crippen LogP contribution in [0.1, 0.15) is 33.6 Å². The van der Waals surface area contributed by atoms with Crippen molar-refractivity contribution in [3.63, 3.8) is 0 Å². The van der Waals surface area contributed by atoms with Gasteiger partial charge in [0.15, 0.2) is 0 Å². The first kappa shape index (κ1) is 12.8. The zero-order valence-electron chi connectivity index (χ0n) is 8.76. The highest BCUT2D eigenvalue weighted by Crippen LogP contribution is 2.26. The Morgan fingerprint density at radius 1 is 1.62 bits per heavy atom. The number of halogens is 3. The Kier molecular flexibility index (Phi) is 4.18. The van der Waals surface area contributed by atoms with Gasteiger partial charge in [0.05, 0.1) is 12.7 Å². The molecule has 6 heteroatoms. The highest BCUT2D eigenvalue weighted by Gasteiger charge is 2.24. The Balaban J connectivity index is 3.42. The summed E-state index contributed by atoms with van der Waals surface area (Å²) in [6.45, 7) is 1.54. The summed E-state index contributed by atoms with van der Waals surface area (Å²) in [4.78, 5) is 14.9. The van der Waals surface area contributed by atoms with E-state index in [1.165, 1.54) is 13.1 Å². The van der Waals surface area contributed by atoms with Gasteiger partial charge in [-0.25, -0.2) is 13.6 Å². The molecule has 1 aromatic rings. The topological polar surface area (TPSA) is 39.2 Å². The number of esters is 1. The first-order valence-corrected chi connectivity index (χ1v) is 4.97. The Labute approximate surface area is 96.4 Å². The smallest absolute Gasteiger partial charge is 0.340 e. The molecule has 0 saturated heterocycles. The molecule has 0 N–H and O–H groups in total. The number of aromatic nitrogens is 1. The van der Waals surface area contributed by atoms with Crippen LogP contribution in [-0.2, 0) is 10.6 Å². The zero-order valence-corrected chi connectivity index (χ0v) is 9.52. The number of alkyl halides is 3. The van der Waals surface area contributed by atoms with Crippen LogP contribution in [0.4, 0.5) is 8.78 Å². The molecule has 1 rings (SSSR count). The van der Waals surface area contributed by atoms with E-state index in [9.17, 15) is 13.6 Å². The normalized spacial score (nSPS) is 10.6. The zero-order chi connectivity index (χ0) is 12.3. The van der Waals surface area contributed by atoms with E-state index in [0.29, 0.717) is 11.1 Å². The predicted molar refractivity (Wildman–Crippen MR) is 54.8 cm³/mol. The van der Waals surface area contributed by atoms with Gasteiger partial charge in [0, 0.05) is 12.1 Å². The molecule has 0 amide bonds. The highest BCUT2D eigenvalue weighted by molar-refractivity contribution is 6.17. The number of pyridine rings is 1. The summed E-state index contributed by atoms with van der Waals surface area (Å²) in [7, 11) is 1.13. The monoisotopic (exact) mass is 249 g/mol. The first-order chi connectivity index (χ1) is 7.52. The predicted octanol–water partition coefficient (Wildman–Crippen LogP) is 2.85. The molecule has 0 bridgehead atoms. The van der Waals surface area contributed by atoms with Crippen molar-refractivity contribution in [3.8, 4) is 0 Å². The third kappa shape index (κ3) is 2.29. The molecule has 0 aliphatic heterocycles. The molecule has 0 saturated carbocycles. The largest absolute Gasteiger partial charge is 0.465 e. The third-order valence-corrected chi connectivity index (χ3v) is 2.50. The minimum Gasteiger partial charge on any atom is -0.465 e. The van der Waals surface area contributed by atoms with Gasteiger partial charge in [-0.15, -0.1) is 11.6 Å². The van der Waals surface area contributed by atoms with Gasteiger partial charge < -0.3 is 4.74 Å². The fraction of sp³-hybridized carbons (Fsp3) is 0.400. The van der Waals surface area contributed by atoms with Crippen LogP contribution < -0.4 is 0 Å². The molecular formula is C10H10ClF2NO2. The Bertz CT molecular complexity index is 410. The lowest BCUT2D eigenvalue weighted by molar-refractivity contribution is 0.0586. The molecule has 16 heavy (non-hydrogen) atoms. The molecule has 0 unspecified atom stereocenters. The van der Waals surface area contributed by atoms with Gasteiger partial charge in [-0.1, -0.05) is 0 Å². The van der Waals surface area contributed by atoms with Crippen molar-refractivity contribution in [3.05, 3.63) is 28.6 Å². The fourth-order valence-corrected chi connectivity index (χ4v) is 1.59. The quantitative estimate of drug-likeness (QED) is 0.611. The van der Waals surface area contributed by atoms with Gasteiger partial charge >= 0.3 is 5.97 Å². The second-order valence-electron chi connectivity index (χ2n) is 3.09. The van der Waals surface area contributed by atoms with E-state index in [1.807, 2.05) is 0 Å². The molecule has 0 fully saturated rings. The molecule has 1 aromatic heterocycles. The number of hydrogen-bond acceptors (Lipinski definition) is 3. The van der Waals surface area contributed by atoms with Crippen LogP contribution >= 0.6 is 11.6 Å². The fourth-order valence-electron chi connectivity index (χ4n) is 1.32. The molecule has 0 radical (unpaired) electrons. The van der Waals surface area contributed by atoms with Crippen LogP contribution in [0.5, 0.6) is 0 Å². The third-order valence-electron chi connectivity index (χ3n) is 2.21. The van der Waals surface area contributed by atoms with Crippen molar-refractivity contribution in [2.24, 2.45) is 0 Å². The lowest BCUT2D eigenvalue weighted by atomic mass is 10.0. The summed E-state index contributed by atoms with van der Waals surface area (Å²) in [5.41, 5.74) is 0.146. The number of carbonyl (C=O) groups is 1. The summed E-state index contributed by atoms with van der Waals surface area (Å²) in [6, 6.07) is 0. The first-order valence-electron chi connectivity index (χ1n) is 4.43. The van der Waals surface area contributed by atoms with Gasteiger partial charge in [0.2, 0.25) is 0 Å². The Morgan fingerprint density at radius 3 is 2.69 bits per heavy atom. The van der Waals surface area contributed by atoms with Crippen LogP contribution in [0, 0.1) is 6.92 Å². The summed E-state index contributed by atoms with van der Waals surface area (Å²) in [5.74, 6) is -0.723. The Morgan fingerprint density at radius 2 is 2.25 bits per heavy atom. The average Bonchev–Trinajstić information content (AvgIpc) is 2.27. The summed E-state index contributed by atoms with van der Waals surface area (Å²) >= 11 is 5.60. The molecule has 1 heterocycles. The number of nitrogens with zero attached hydrogens (tertiary/aromatic N) is 1. The molecule has 0 atom stereocenters. The van der Waals surface area contributed by atoms with Crippen molar-refractivity contribution in [1.82, 2.24) is 4.98 Å². The summed E-state index contributed by atoms with van der Waals surface area (Å²) < 4.78 is 29.7. The molecule has 88 valence electrons. The van der Waals surface area contributed by atoms with Gasteiger partial charge in [0.1, 0.15) is 5.69 Å². The lowest BCUT2D eigenvalue weighted by Crippen LogP contribution is -2.12. The molecule has 0 aliphatic carbocycles. The van der Waals surface area contributed by atoms with E-state index in [4.69, 9.17) is 11.6 Å². The van der Waals surface area contributed by atoms with Crippen LogP contribution in [0.25, 0.3) is 0 Å². The van der Waals surface area contributed by atoms with Gasteiger partial charge in [-0.05, 0) is 18.1 Å². The van der Waals surface area contributed by atoms with Gasteiger partial charge in [-0.2, -0.15) is 0 Å². The summed E-state index contributed by atoms with van der Waals surface area (Å²) in [5, 5.41) is 0. The van der Waals surface area contributed by atoms with E-state index < -0.39 is 18.1 Å². The van der Waals surface area contributed by atoms with Crippen LogP contribution in [-0.4, -0.2) is 18.1 Å². The lowest BCUT2D eigenvalue weighted by Gasteiger charge is -2.11. The maximum Gasteiger partial charge on any atom is 0.340 e. The molecule has 3 nitrogen and oxygen atoms in total. The maximum absolute atomic E-state index is 12.6. The van der Waals surface area contributed by atoms with Crippen LogP contribution in [0.2, 0.25) is 0 Å². The van der Waals surface area contributed by atoms with Crippen LogP contribution in [0.15, 0.2) is 6.20 Å². The SMILES string of the molecule is COC(=O)c1c(C(F)F)ncc(CCl)c1C. The van der Waals surface area contributed by atoms with Crippen molar-refractivity contribution in [2.75, 3.05) is 7.11 Å². The van der Waals surface area contributed by atoms with Crippen molar-refractivity contribution < 1.29 is 18.3 Å². The number of methoxy groups -OCH3 is 1. The molecule has 0 aliphatic rings. The number of ether oxygens (including phenoxy) is 1. The Hall–Kier alpha value is -1.23. The summed E-state index contributed by atoms with van der Waals surface area (Å²) in [6.07, 6.45) is -1.58. The maximum atomic E-state index is 12.6. The average molecular weight is 250 g/mol. The molecular weight excluding hydrogens is 240 g/mol. The van der Waals surface area contributed by atoms with Crippen LogP contribution in [0.3, 0.4) is 0 Å². The highest BCUT2D eigenvalue weighted by atomic mass is 35.5. The molecule has 0 aromatic carbocycles. The van der Waals surface area contributed by atoms with E-state index >= 15 is 0 Å². The minimum atomic E-state index is -2.82. The minimum absolute atomic E-state index is 0.104. The van der Waals surface area contributed by atoms with E-state index in [0.717, 1.165) is 7.11 Å². The van der Waals surface area contributed by atoms with E-state index in [2.05, 4.69) is 9.72 Å². The number of carbonyl (C=O) groups excluding carboxylic acids is 1. The number of hydrogen-bond donors (Lipinski definition) is 0. The molecule has 0 spiro atoms. The van der Waals surface area contributed by atoms with Crippen molar-refractivity contribution in [1.29, 1.82) is 0 Å². The van der Waals surface area contributed by atoms with Crippen molar-refractivity contribution >= 4 is 17.6 Å². The second kappa shape index (κ2) is 5.21. The van der Waals surface area contributed by atoms with Crippen molar-refractivity contribution in [2.45, 2.75) is 19.2 Å². The van der Waals surface area contributed by atoms with E-state index in [-0.39, 0.29) is 11.4 Å². The van der Waals surface area contributed by atoms with E-state index in [1.54, 1.807) is 0 Å². The van der Waals surface area contributed by atoms with Gasteiger partial charge in [-0.3, -0.25) is 4.98 Å². The standard InChI is InChI=1S/C10H10ClF2NO2/c1-5-6(3-11)4-14-8(9(12)13)7(5)10(15)16-2/h4,9H,3H2,1-2H3. The second-order valence-corrected chi connectivity index (χ2v) is 3.36.